The van der Waals surface area contributed by atoms with Gasteiger partial charge in [0.15, 0.2) is 6.61 Å². The van der Waals surface area contributed by atoms with Gasteiger partial charge in [0, 0.05) is 38.2 Å². The summed E-state index contributed by atoms with van der Waals surface area (Å²) in [5.74, 6) is 0.726. The lowest BCUT2D eigenvalue weighted by molar-refractivity contribution is -0.133. The maximum absolute atomic E-state index is 12.7. The van der Waals surface area contributed by atoms with Crippen molar-refractivity contribution < 1.29 is 19.1 Å². The van der Waals surface area contributed by atoms with Crippen molar-refractivity contribution in [2.75, 3.05) is 38.1 Å². The van der Waals surface area contributed by atoms with Crippen LogP contribution < -0.4 is 10.1 Å². The van der Waals surface area contributed by atoms with E-state index in [2.05, 4.69) is 5.32 Å². The summed E-state index contributed by atoms with van der Waals surface area (Å²) >= 11 is 0. The lowest BCUT2D eigenvalue weighted by Gasteiger charge is -2.35. The largest absolute Gasteiger partial charge is 0.482 e. The lowest BCUT2D eigenvalue weighted by atomic mass is 10.1. The second kappa shape index (κ2) is 7.13. The molecule has 1 N–H and O–H groups in total. The van der Waals surface area contributed by atoms with Crippen LogP contribution >= 0.6 is 0 Å². The van der Waals surface area contributed by atoms with Gasteiger partial charge in [0.05, 0.1) is 5.69 Å². The molecule has 0 saturated carbocycles. The van der Waals surface area contributed by atoms with E-state index in [4.69, 9.17) is 4.74 Å². The van der Waals surface area contributed by atoms with Gasteiger partial charge in [0.1, 0.15) is 5.75 Å². The molecule has 1 fully saturated rings. The zero-order valence-electron chi connectivity index (χ0n) is 14.6. The van der Waals surface area contributed by atoms with Crippen molar-refractivity contribution in [2.24, 2.45) is 5.92 Å². The number of hydrogen-bond donors (Lipinski definition) is 1. The van der Waals surface area contributed by atoms with E-state index in [9.17, 15) is 14.4 Å². The second-order valence-electron chi connectivity index (χ2n) is 6.82. The number of carbonyl (C=O) groups is 3. The molecule has 7 nitrogen and oxygen atoms in total. The van der Waals surface area contributed by atoms with E-state index in [0.29, 0.717) is 55.5 Å². The predicted molar refractivity (Wildman–Crippen MR) is 92.5 cm³/mol. The molecule has 0 bridgehead atoms. The van der Waals surface area contributed by atoms with Crippen molar-refractivity contribution in [3.05, 3.63) is 23.8 Å². The van der Waals surface area contributed by atoms with E-state index >= 15 is 0 Å². The fourth-order valence-electron chi connectivity index (χ4n) is 3.04. The maximum Gasteiger partial charge on any atom is 0.262 e. The molecule has 1 saturated heterocycles. The fraction of sp³-hybridized carbons (Fsp3) is 0.500. The molecule has 0 aliphatic carbocycles. The quantitative estimate of drug-likeness (QED) is 0.897. The molecule has 2 aliphatic rings. The van der Waals surface area contributed by atoms with E-state index in [-0.39, 0.29) is 24.3 Å². The smallest absolute Gasteiger partial charge is 0.262 e. The van der Waals surface area contributed by atoms with Crippen LogP contribution in [0.2, 0.25) is 0 Å². The van der Waals surface area contributed by atoms with Crippen molar-refractivity contribution in [3.63, 3.8) is 0 Å². The molecule has 0 unspecified atom stereocenters. The molecule has 0 aromatic heterocycles. The van der Waals surface area contributed by atoms with Gasteiger partial charge in [-0.2, -0.15) is 0 Å². The van der Waals surface area contributed by atoms with Crippen LogP contribution in [0.3, 0.4) is 0 Å². The number of anilines is 1. The van der Waals surface area contributed by atoms with Crippen LogP contribution in [-0.2, 0) is 9.59 Å². The van der Waals surface area contributed by atoms with Crippen LogP contribution in [0.4, 0.5) is 5.69 Å². The highest BCUT2D eigenvalue weighted by Crippen LogP contribution is 2.29. The van der Waals surface area contributed by atoms with Gasteiger partial charge in [-0.15, -0.1) is 0 Å². The predicted octanol–water partition coefficient (Wildman–Crippen LogP) is 1.35. The van der Waals surface area contributed by atoms with E-state index in [1.165, 1.54) is 0 Å². The van der Waals surface area contributed by atoms with Crippen LogP contribution in [-0.4, -0.2) is 60.3 Å². The molecular formula is C18H23N3O4. The minimum Gasteiger partial charge on any atom is -0.482 e. The van der Waals surface area contributed by atoms with E-state index in [1.54, 1.807) is 23.1 Å². The summed E-state index contributed by atoms with van der Waals surface area (Å²) in [5.41, 5.74) is 1.03. The Morgan fingerprint density at radius 1 is 1.16 bits per heavy atom. The Bertz CT molecular complexity index is 694. The van der Waals surface area contributed by atoms with Gasteiger partial charge >= 0.3 is 0 Å². The highest BCUT2D eigenvalue weighted by Gasteiger charge is 2.26. The Morgan fingerprint density at radius 3 is 2.52 bits per heavy atom. The van der Waals surface area contributed by atoms with Crippen molar-refractivity contribution in [1.29, 1.82) is 0 Å². The molecule has 2 aliphatic heterocycles. The molecule has 0 atom stereocenters. The molecule has 2 heterocycles. The second-order valence-corrected chi connectivity index (χ2v) is 6.82. The van der Waals surface area contributed by atoms with E-state index in [1.807, 2.05) is 18.7 Å². The zero-order chi connectivity index (χ0) is 18.0. The molecule has 1 aromatic rings. The summed E-state index contributed by atoms with van der Waals surface area (Å²) in [6.07, 6.45) is 0.540. The first-order valence-electron chi connectivity index (χ1n) is 8.58. The monoisotopic (exact) mass is 345 g/mol. The Morgan fingerprint density at radius 2 is 1.84 bits per heavy atom. The normalized spacial score (nSPS) is 17.0. The third-order valence-corrected chi connectivity index (χ3v) is 4.36. The minimum absolute atomic E-state index is 0.00728. The number of hydrogen-bond acceptors (Lipinski definition) is 4. The molecule has 3 rings (SSSR count). The number of carbonyl (C=O) groups excluding carboxylic acids is 3. The first-order valence-corrected chi connectivity index (χ1v) is 8.58. The van der Waals surface area contributed by atoms with Gasteiger partial charge in [-0.25, -0.2) is 0 Å². The van der Waals surface area contributed by atoms with E-state index in [0.717, 1.165) is 0 Å². The summed E-state index contributed by atoms with van der Waals surface area (Å²) in [4.78, 5) is 39.8. The summed E-state index contributed by atoms with van der Waals surface area (Å²) in [7, 11) is 0. The van der Waals surface area contributed by atoms with Crippen molar-refractivity contribution >= 4 is 23.4 Å². The van der Waals surface area contributed by atoms with Gasteiger partial charge in [-0.05, 0) is 24.1 Å². The van der Waals surface area contributed by atoms with E-state index < -0.39 is 0 Å². The van der Waals surface area contributed by atoms with Crippen LogP contribution in [0.25, 0.3) is 0 Å². The molecule has 1 aromatic carbocycles. The summed E-state index contributed by atoms with van der Waals surface area (Å²) in [6.45, 7) is 6.19. The van der Waals surface area contributed by atoms with Crippen molar-refractivity contribution in [2.45, 2.75) is 20.3 Å². The number of nitrogens with zero attached hydrogens (tertiary/aromatic N) is 2. The number of nitrogens with one attached hydrogen (secondary N) is 1. The van der Waals surface area contributed by atoms with Crippen LogP contribution in [0, 0.1) is 5.92 Å². The Labute approximate surface area is 146 Å². The molecular weight excluding hydrogens is 322 g/mol. The molecule has 0 radical (unpaired) electrons. The average molecular weight is 345 g/mol. The van der Waals surface area contributed by atoms with Gasteiger partial charge in [0.2, 0.25) is 5.91 Å². The third kappa shape index (κ3) is 3.92. The average Bonchev–Trinajstić information content (AvgIpc) is 2.60. The van der Waals surface area contributed by atoms with Gasteiger partial charge < -0.3 is 19.9 Å². The lowest BCUT2D eigenvalue weighted by Crippen LogP contribution is -2.50. The Hall–Kier alpha value is -2.57. The molecule has 134 valence electrons. The standard InChI is InChI=1S/C18H23N3O4/c1-12(2)9-17(23)20-5-7-21(8-6-20)18(24)13-3-4-15-14(10-13)19-16(22)11-25-15/h3-4,10,12H,5-9,11H2,1-2H3,(H,19,22). The SMILES string of the molecule is CC(C)CC(=O)N1CCN(C(=O)c2ccc3c(c2)NC(=O)CO3)CC1. The first kappa shape index (κ1) is 17.3. The van der Waals surface area contributed by atoms with Crippen molar-refractivity contribution in [3.8, 4) is 5.75 Å². The summed E-state index contributed by atoms with van der Waals surface area (Å²) < 4.78 is 5.31. The van der Waals surface area contributed by atoms with Gasteiger partial charge in [-0.3, -0.25) is 14.4 Å². The topological polar surface area (TPSA) is 79.0 Å². The van der Waals surface area contributed by atoms with Crippen LogP contribution in [0.1, 0.15) is 30.6 Å². The highest BCUT2D eigenvalue weighted by molar-refractivity contribution is 6.00. The number of amides is 3. The fourth-order valence-corrected chi connectivity index (χ4v) is 3.04. The maximum atomic E-state index is 12.7. The Kier molecular flexibility index (Phi) is 4.92. The number of benzene rings is 1. The van der Waals surface area contributed by atoms with Crippen LogP contribution in [0.5, 0.6) is 5.75 Å². The van der Waals surface area contributed by atoms with Crippen LogP contribution in [0.15, 0.2) is 18.2 Å². The molecule has 25 heavy (non-hydrogen) atoms. The third-order valence-electron chi connectivity index (χ3n) is 4.36. The minimum atomic E-state index is -0.227. The van der Waals surface area contributed by atoms with Gasteiger partial charge in [-0.1, -0.05) is 13.8 Å². The first-order chi connectivity index (χ1) is 11.9. The summed E-state index contributed by atoms with van der Waals surface area (Å²) in [5, 5.41) is 2.71. The number of ether oxygens (including phenoxy) is 1. The summed E-state index contributed by atoms with van der Waals surface area (Å²) in [6, 6.07) is 5.05. The number of fused-ring (bicyclic) bond motifs is 1. The van der Waals surface area contributed by atoms with Crippen molar-refractivity contribution in [1.82, 2.24) is 9.80 Å². The molecule has 0 spiro atoms. The van der Waals surface area contributed by atoms with Gasteiger partial charge in [0.25, 0.3) is 11.8 Å². The highest BCUT2D eigenvalue weighted by atomic mass is 16.5. The number of rotatable bonds is 3. The zero-order valence-corrected chi connectivity index (χ0v) is 14.6. The molecule has 3 amide bonds. The molecule has 7 heteroatoms. The Balaban J connectivity index is 1.62. The number of piperazine rings is 1.